The summed E-state index contributed by atoms with van der Waals surface area (Å²) in [5, 5.41) is 8.86. The zero-order valence-electron chi connectivity index (χ0n) is 18.6. The van der Waals surface area contributed by atoms with Crippen molar-refractivity contribution in [1.29, 1.82) is 0 Å². The summed E-state index contributed by atoms with van der Waals surface area (Å²) in [5.41, 5.74) is 2.38. The lowest BCUT2D eigenvalue weighted by molar-refractivity contribution is -0.138. The number of hydrogen-bond donors (Lipinski definition) is 1. The number of carboxylic acid groups (broad SMARTS) is 1. The van der Waals surface area contributed by atoms with Crippen LogP contribution in [0.3, 0.4) is 0 Å². The molecule has 0 radical (unpaired) electrons. The van der Waals surface area contributed by atoms with Crippen LogP contribution in [0.15, 0.2) is 79.3 Å². The lowest BCUT2D eigenvalue weighted by Crippen LogP contribution is -2.10. The van der Waals surface area contributed by atoms with Gasteiger partial charge in [0.25, 0.3) is 0 Å². The molecule has 178 valence electrons. The van der Waals surface area contributed by atoms with E-state index in [9.17, 15) is 22.4 Å². The van der Waals surface area contributed by atoms with Gasteiger partial charge in [-0.25, -0.2) is 14.2 Å². The van der Waals surface area contributed by atoms with Crippen LogP contribution in [-0.2, 0) is 11.0 Å². The minimum atomic E-state index is -4.75. The van der Waals surface area contributed by atoms with Gasteiger partial charge < -0.3 is 9.51 Å². The molecule has 0 saturated carbocycles. The highest BCUT2D eigenvalue weighted by molar-refractivity contribution is 5.99. The van der Waals surface area contributed by atoms with Crippen LogP contribution < -0.4 is 0 Å². The maximum Gasteiger partial charge on any atom is 0.417 e. The summed E-state index contributed by atoms with van der Waals surface area (Å²) in [7, 11) is 0. The number of imidazole rings is 1. The van der Waals surface area contributed by atoms with E-state index >= 15 is 0 Å². The number of allylic oxidation sites excluding steroid dienone is 1. The minimum Gasteiger partial charge on any atom is -0.478 e. The molecule has 0 atom stereocenters. The number of carbonyl (C=O) groups is 1. The predicted molar refractivity (Wildman–Crippen MR) is 126 cm³/mol. The van der Waals surface area contributed by atoms with Crippen LogP contribution in [0.5, 0.6) is 0 Å². The molecule has 4 nitrogen and oxygen atoms in total. The maximum absolute atomic E-state index is 13.9. The van der Waals surface area contributed by atoms with Crippen LogP contribution in [0, 0.1) is 5.82 Å². The van der Waals surface area contributed by atoms with E-state index in [1.807, 2.05) is 0 Å². The predicted octanol–water partition coefficient (Wildman–Crippen LogP) is 6.96. The van der Waals surface area contributed by atoms with E-state index in [1.165, 1.54) is 6.08 Å². The van der Waals surface area contributed by atoms with Crippen molar-refractivity contribution in [1.82, 2.24) is 9.38 Å². The van der Waals surface area contributed by atoms with Crippen LogP contribution in [0.1, 0.15) is 41.2 Å². The molecule has 0 bridgehead atoms. The summed E-state index contributed by atoms with van der Waals surface area (Å²) < 4.78 is 57.3. The van der Waals surface area contributed by atoms with Gasteiger partial charge in [0.15, 0.2) is 0 Å². The summed E-state index contributed by atoms with van der Waals surface area (Å²) in [5.74, 6) is -2.06. The molecule has 0 aliphatic rings. The van der Waals surface area contributed by atoms with Crippen molar-refractivity contribution < 1.29 is 27.5 Å². The van der Waals surface area contributed by atoms with Gasteiger partial charge in [-0.2, -0.15) is 13.2 Å². The fraction of sp³-hybridized carbons (Fsp3) is 0.111. The summed E-state index contributed by atoms with van der Waals surface area (Å²) >= 11 is 0. The highest BCUT2D eigenvalue weighted by atomic mass is 19.4. The molecule has 0 spiro atoms. The van der Waals surface area contributed by atoms with Crippen molar-refractivity contribution in [3.8, 4) is 0 Å². The van der Waals surface area contributed by atoms with Gasteiger partial charge in [0.05, 0.1) is 5.56 Å². The highest BCUT2D eigenvalue weighted by Crippen LogP contribution is 2.41. The number of aromatic nitrogens is 2. The number of halogens is 4. The summed E-state index contributed by atoms with van der Waals surface area (Å²) in [6.45, 7) is 1.75. The van der Waals surface area contributed by atoms with Crippen molar-refractivity contribution in [2.45, 2.75) is 19.5 Å². The number of rotatable bonds is 6. The van der Waals surface area contributed by atoms with E-state index < -0.39 is 23.5 Å². The number of alkyl halides is 3. The first-order valence-electron chi connectivity index (χ1n) is 10.7. The van der Waals surface area contributed by atoms with Gasteiger partial charge in [0.2, 0.25) is 0 Å². The second-order valence-electron chi connectivity index (χ2n) is 7.80. The number of carboxylic acids is 1. The first-order chi connectivity index (χ1) is 16.7. The lowest BCUT2D eigenvalue weighted by atomic mass is 9.86. The highest BCUT2D eigenvalue weighted by Gasteiger charge is 2.35. The van der Waals surface area contributed by atoms with Crippen LogP contribution >= 0.6 is 0 Å². The third-order valence-corrected chi connectivity index (χ3v) is 5.56. The molecule has 35 heavy (non-hydrogen) atoms. The van der Waals surface area contributed by atoms with Crippen LogP contribution in [0.2, 0.25) is 0 Å². The molecule has 0 aliphatic heterocycles. The van der Waals surface area contributed by atoms with Gasteiger partial charge >= 0.3 is 12.1 Å². The third kappa shape index (κ3) is 5.16. The molecule has 1 N–H and O–H groups in total. The second kappa shape index (κ2) is 9.58. The van der Waals surface area contributed by atoms with Crippen molar-refractivity contribution >= 4 is 28.8 Å². The van der Waals surface area contributed by atoms with Crippen molar-refractivity contribution in [3.05, 3.63) is 113 Å². The average Bonchev–Trinajstić information content (AvgIpc) is 3.29. The second-order valence-corrected chi connectivity index (χ2v) is 7.80. The number of nitrogens with zero attached hydrogens (tertiary/aromatic N) is 2. The molecule has 4 aromatic rings. The molecule has 0 unspecified atom stereocenters. The maximum atomic E-state index is 13.9. The Hall–Kier alpha value is -4.20. The van der Waals surface area contributed by atoms with E-state index in [4.69, 9.17) is 5.11 Å². The Labute approximate surface area is 198 Å². The summed E-state index contributed by atoms with van der Waals surface area (Å²) in [6.07, 6.45) is 3.06. The Morgan fingerprint density at radius 3 is 2.43 bits per heavy atom. The number of aliphatic carboxylic acids is 1. The van der Waals surface area contributed by atoms with E-state index in [-0.39, 0.29) is 12.0 Å². The molecular formula is C27H20F4N2O2. The first kappa shape index (κ1) is 23.9. The van der Waals surface area contributed by atoms with Gasteiger partial charge in [0.1, 0.15) is 11.5 Å². The van der Waals surface area contributed by atoms with Crippen LogP contribution in [-0.4, -0.2) is 20.5 Å². The Kier molecular flexibility index (Phi) is 6.55. The van der Waals surface area contributed by atoms with Gasteiger partial charge in [0, 0.05) is 24.7 Å². The average molecular weight is 480 g/mol. The molecule has 0 aliphatic carbocycles. The van der Waals surface area contributed by atoms with Gasteiger partial charge in [-0.3, -0.25) is 0 Å². The molecule has 2 aromatic heterocycles. The van der Waals surface area contributed by atoms with Gasteiger partial charge in [-0.15, -0.1) is 0 Å². The summed E-state index contributed by atoms with van der Waals surface area (Å²) in [4.78, 5) is 15.0. The zero-order valence-corrected chi connectivity index (χ0v) is 18.6. The van der Waals surface area contributed by atoms with E-state index in [0.717, 1.165) is 18.2 Å². The fourth-order valence-corrected chi connectivity index (χ4v) is 4.03. The van der Waals surface area contributed by atoms with Gasteiger partial charge in [-0.1, -0.05) is 37.3 Å². The number of hydrogen-bond acceptors (Lipinski definition) is 2. The smallest absolute Gasteiger partial charge is 0.417 e. The Balaban J connectivity index is 1.99. The lowest BCUT2D eigenvalue weighted by Gasteiger charge is -2.20. The third-order valence-electron chi connectivity index (χ3n) is 5.56. The fourth-order valence-electron chi connectivity index (χ4n) is 4.03. The molecule has 2 heterocycles. The minimum absolute atomic E-state index is 0.100. The molecule has 0 saturated heterocycles. The SMILES string of the molecule is CCC(=C(c1ccc(C=CC(=O)O)cc1)c1ccc2nccn2c1)c1ccc(F)cc1C(F)(F)F. The number of benzene rings is 2. The zero-order chi connectivity index (χ0) is 25.2. The molecule has 2 aromatic carbocycles. The van der Waals surface area contributed by atoms with Crippen LogP contribution in [0.4, 0.5) is 17.6 Å². The molecular weight excluding hydrogens is 460 g/mol. The molecule has 0 fully saturated rings. The number of fused-ring (bicyclic) bond motifs is 1. The quantitative estimate of drug-likeness (QED) is 0.184. The van der Waals surface area contributed by atoms with Crippen LogP contribution in [0.25, 0.3) is 22.9 Å². The van der Waals surface area contributed by atoms with E-state index in [0.29, 0.717) is 39.6 Å². The largest absolute Gasteiger partial charge is 0.478 e. The Morgan fingerprint density at radius 1 is 1.06 bits per heavy atom. The number of pyridine rings is 1. The Morgan fingerprint density at radius 2 is 1.77 bits per heavy atom. The van der Waals surface area contributed by atoms with Crippen molar-refractivity contribution in [2.75, 3.05) is 0 Å². The normalized spacial score (nSPS) is 12.8. The monoisotopic (exact) mass is 480 g/mol. The topological polar surface area (TPSA) is 54.6 Å². The molecule has 8 heteroatoms. The molecule has 0 amide bonds. The van der Waals surface area contributed by atoms with Crippen molar-refractivity contribution in [3.63, 3.8) is 0 Å². The van der Waals surface area contributed by atoms with E-state index in [1.54, 1.807) is 66.3 Å². The van der Waals surface area contributed by atoms with E-state index in [2.05, 4.69) is 4.98 Å². The Bertz CT molecular complexity index is 1450. The molecule has 4 rings (SSSR count). The first-order valence-corrected chi connectivity index (χ1v) is 10.7. The standard InChI is InChI=1S/C27H20F4N2O2/c1-2-21(22-10-9-20(28)15-23(22)27(29,30)31)26(19-8-11-24-32-13-14-33(24)16-19)18-6-3-17(4-7-18)5-12-25(34)35/h3-16H,2H2,1H3,(H,34,35). The van der Waals surface area contributed by atoms with Gasteiger partial charge in [-0.05, 0) is 70.2 Å². The summed E-state index contributed by atoms with van der Waals surface area (Å²) in [6, 6.07) is 13.1. The van der Waals surface area contributed by atoms with Crippen molar-refractivity contribution in [2.24, 2.45) is 0 Å².